The van der Waals surface area contributed by atoms with Gasteiger partial charge in [-0.05, 0) is 18.8 Å². The Balaban J connectivity index is 1.75. The van der Waals surface area contributed by atoms with Crippen molar-refractivity contribution in [2.45, 2.75) is 117 Å². The summed E-state index contributed by atoms with van der Waals surface area (Å²) in [6.45, 7) is 22.0. The molecule has 0 radical (unpaired) electrons. The highest BCUT2D eigenvalue weighted by Gasteiger charge is 2.34. The molecule has 0 fully saturated rings. The molecule has 8 nitrogen and oxygen atoms in total. The predicted molar refractivity (Wildman–Crippen MR) is 136 cm³/mol. The van der Waals surface area contributed by atoms with E-state index in [0.717, 1.165) is 42.0 Å². The van der Waals surface area contributed by atoms with Gasteiger partial charge in [-0.3, -0.25) is 5.10 Å². The first-order valence-corrected chi connectivity index (χ1v) is 12.6. The van der Waals surface area contributed by atoms with Crippen LogP contribution in [0.3, 0.4) is 0 Å². The Morgan fingerprint density at radius 2 is 1.50 bits per heavy atom. The van der Waals surface area contributed by atoms with E-state index in [9.17, 15) is 0 Å². The van der Waals surface area contributed by atoms with Crippen molar-refractivity contribution in [1.82, 2.24) is 39.9 Å². The van der Waals surface area contributed by atoms with Crippen molar-refractivity contribution in [2.75, 3.05) is 0 Å². The Hall–Kier alpha value is -2.51. The number of nitrogens with one attached hydrogen (secondary N) is 2. The molecule has 0 aliphatic heterocycles. The summed E-state index contributed by atoms with van der Waals surface area (Å²) in [7, 11) is 2.09. The zero-order valence-corrected chi connectivity index (χ0v) is 23.0. The fourth-order valence-electron chi connectivity index (χ4n) is 4.99. The molecule has 3 rings (SSSR count). The van der Waals surface area contributed by atoms with E-state index in [4.69, 9.17) is 4.98 Å². The van der Waals surface area contributed by atoms with Crippen LogP contribution in [0.5, 0.6) is 0 Å². The van der Waals surface area contributed by atoms with Crippen molar-refractivity contribution in [2.24, 2.45) is 7.05 Å². The van der Waals surface area contributed by atoms with Crippen molar-refractivity contribution in [3.8, 4) is 0 Å². The van der Waals surface area contributed by atoms with Gasteiger partial charge in [0.2, 0.25) is 0 Å². The molecule has 0 bridgehead atoms. The van der Waals surface area contributed by atoms with Gasteiger partial charge in [0.15, 0.2) is 5.82 Å². The van der Waals surface area contributed by atoms with E-state index in [1.54, 1.807) is 0 Å². The quantitative estimate of drug-likeness (QED) is 0.389. The summed E-state index contributed by atoms with van der Waals surface area (Å²) in [4.78, 5) is 12.9. The number of aromatic nitrogens is 8. The van der Waals surface area contributed by atoms with Gasteiger partial charge < -0.3 is 9.55 Å². The first-order valence-electron chi connectivity index (χ1n) is 12.6. The maximum absolute atomic E-state index is 4.75. The van der Waals surface area contributed by atoms with Crippen LogP contribution < -0.4 is 0 Å². The lowest BCUT2D eigenvalue weighted by atomic mass is 9.81. The molecule has 0 aliphatic carbocycles. The Bertz CT molecular complexity index is 1080. The molecule has 34 heavy (non-hydrogen) atoms. The summed E-state index contributed by atoms with van der Waals surface area (Å²) in [5.41, 5.74) is 0.867. The molecular weight excluding hydrogens is 424 g/mol. The van der Waals surface area contributed by atoms with Crippen molar-refractivity contribution >= 4 is 0 Å². The molecular formula is C26H44N8. The lowest BCUT2D eigenvalue weighted by molar-refractivity contribution is 0.385. The maximum Gasteiger partial charge on any atom is 0.156 e. The van der Waals surface area contributed by atoms with E-state index < -0.39 is 0 Å². The molecule has 0 spiro atoms. The van der Waals surface area contributed by atoms with Crippen LogP contribution in [-0.2, 0) is 17.9 Å². The van der Waals surface area contributed by atoms with E-state index in [0.29, 0.717) is 17.8 Å². The minimum atomic E-state index is -0.174. The molecule has 0 aromatic carbocycles. The molecule has 188 valence electrons. The minimum Gasteiger partial charge on any atom is -0.345 e. The van der Waals surface area contributed by atoms with Crippen molar-refractivity contribution in [3.05, 3.63) is 41.0 Å². The monoisotopic (exact) mass is 468 g/mol. The van der Waals surface area contributed by atoms with Crippen LogP contribution in [-0.4, -0.2) is 39.9 Å². The van der Waals surface area contributed by atoms with Crippen molar-refractivity contribution in [1.29, 1.82) is 0 Å². The topological polar surface area (TPSA) is 101 Å². The van der Waals surface area contributed by atoms with Crippen molar-refractivity contribution < 1.29 is 0 Å². The van der Waals surface area contributed by atoms with E-state index in [2.05, 4.69) is 111 Å². The number of imidazole rings is 1. The van der Waals surface area contributed by atoms with Crippen LogP contribution in [0.15, 0.2) is 6.20 Å². The summed E-state index contributed by atoms with van der Waals surface area (Å²) in [6, 6.07) is 0. The summed E-state index contributed by atoms with van der Waals surface area (Å²) >= 11 is 0. The van der Waals surface area contributed by atoms with Crippen molar-refractivity contribution in [3.63, 3.8) is 0 Å². The van der Waals surface area contributed by atoms with Gasteiger partial charge >= 0.3 is 0 Å². The summed E-state index contributed by atoms with van der Waals surface area (Å²) in [6.07, 6.45) is 3.78. The highest BCUT2D eigenvalue weighted by molar-refractivity contribution is 5.15. The summed E-state index contributed by atoms with van der Waals surface area (Å²) in [5.74, 6) is 6.14. The number of rotatable bonds is 10. The van der Waals surface area contributed by atoms with Gasteiger partial charge in [-0.1, -0.05) is 69.2 Å². The summed E-state index contributed by atoms with van der Waals surface area (Å²) < 4.78 is 2.19. The first-order chi connectivity index (χ1) is 15.7. The third-order valence-electron chi connectivity index (χ3n) is 6.95. The van der Waals surface area contributed by atoms with Gasteiger partial charge in [-0.25, -0.2) is 9.97 Å². The average molecular weight is 469 g/mol. The first kappa shape index (κ1) is 26.1. The van der Waals surface area contributed by atoms with Gasteiger partial charge in [0.05, 0.1) is 0 Å². The average Bonchev–Trinajstić information content (AvgIpc) is 3.46. The van der Waals surface area contributed by atoms with Crippen LogP contribution in [0.1, 0.15) is 141 Å². The van der Waals surface area contributed by atoms with Crippen LogP contribution in [0.4, 0.5) is 0 Å². The smallest absolute Gasteiger partial charge is 0.156 e. The lowest BCUT2D eigenvalue weighted by Gasteiger charge is -2.28. The van der Waals surface area contributed by atoms with E-state index in [1.807, 2.05) is 6.20 Å². The van der Waals surface area contributed by atoms with E-state index in [-0.39, 0.29) is 16.7 Å². The number of H-pyrrole nitrogens is 2. The van der Waals surface area contributed by atoms with E-state index >= 15 is 0 Å². The normalized spacial score (nSPS) is 14.9. The van der Waals surface area contributed by atoms with Crippen LogP contribution in [0, 0.1) is 0 Å². The number of nitrogens with zero attached hydrogens (tertiary/aromatic N) is 6. The van der Waals surface area contributed by atoms with Gasteiger partial charge in [0.1, 0.15) is 23.3 Å². The molecule has 0 aliphatic rings. The molecule has 0 saturated heterocycles. The Morgan fingerprint density at radius 3 is 2.06 bits per heavy atom. The third-order valence-corrected chi connectivity index (χ3v) is 6.95. The molecule has 3 aromatic heterocycles. The lowest BCUT2D eigenvalue weighted by Crippen LogP contribution is -2.26. The Kier molecular flexibility index (Phi) is 7.39. The van der Waals surface area contributed by atoms with Gasteiger partial charge in [0, 0.05) is 47.5 Å². The highest BCUT2D eigenvalue weighted by atomic mass is 15.3. The fraction of sp³-hybridized carbons (Fsp3) is 0.731. The third kappa shape index (κ3) is 5.41. The Labute approximate surface area is 204 Å². The number of hydrogen-bond donors (Lipinski definition) is 2. The minimum absolute atomic E-state index is 0.143. The van der Waals surface area contributed by atoms with Crippen LogP contribution in [0.2, 0.25) is 0 Å². The SMILES string of the molecule is CC(C)c1cnc(C(C)CC(C)(C)c2nnc(C(C)CC(C)(C)c3n[nH]c(C(C)C)n3)n2C)[nH]1. The molecule has 2 unspecified atom stereocenters. The zero-order valence-electron chi connectivity index (χ0n) is 23.0. The second kappa shape index (κ2) is 9.62. The predicted octanol–water partition coefficient (Wildman–Crippen LogP) is 5.85. The number of aromatic amines is 2. The standard InChI is InChI=1S/C26H44N8/c1-15(2)19-14-27-21(28-19)17(5)12-26(9,10)24-33-31-22(34(24)11)18(6)13-25(7,8)23-29-20(16(3)4)30-32-23/h14-18H,12-13H2,1-11H3,(H,27,28)(H,29,30,32). The molecule has 2 atom stereocenters. The largest absolute Gasteiger partial charge is 0.345 e. The molecule has 3 aromatic rings. The van der Waals surface area contributed by atoms with E-state index in [1.165, 1.54) is 5.69 Å². The molecule has 0 amide bonds. The highest BCUT2D eigenvalue weighted by Crippen LogP contribution is 2.36. The number of hydrogen-bond acceptors (Lipinski definition) is 5. The zero-order chi connectivity index (χ0) is 25.4. The summed E-state index contributed by atoms with van der Waals surface area (Å²) in [5, 5.41) is 16.9. The van der Waals surface area contributed by atoms with Gasteiger partial charge in [0.25, 0.3) is 0 Å². The molecule has 0 saturated carbocycles. The molecule has 3 heterocycles. The molecule has 8 heteroatoms. The second-order valence-corrected chi connectivity index (χ2v) is 12.0. The second-order valence-electron chi connectivity index (χ2n) is 12.0. The fourth-order valence-corrected chi connectivity index (χ4v) is 4.99. The maximum atomic E-state index is 4.75. The van der Waals surface area contributed by atoms with Crippen LogP contribution in [0.25, 0.3) is 0 Å². The molecule has 2 N–H and O–H groups in total. The van der Waals surface area contributed by atoms with Gasteiger partial charge in [-0.2, -0.15) is 5.10 Å². The Morgan fingerprint density at radius 1 is 0.853 bits per heavy atom. The van der Waals surface area contributed by atoms with Crippen LogP contribution >= 0.6 is 0 Å². The van der Waals surface area contributed by atoms with Gasteiger partial charge in [-0.15, -0.1) is 10.2 Å².